The van der Waals surface area contributed by atoms with Crippen LogP contribution in [0.25, 0.3) is 10.1 Å². The number of aromatic nitrogens is 2. The Bertz CT molecular complexity index is 1120. The lowest BCUT2D eigenvalue weighted by Crippen LogP contribution is -2.17. The Balaban J connectivity index is 1.29. The highest BCUT2D eigenvalue weighted by Crippen LogP contribution is 2.34. The highest BCUT2D eigenvalue weighted by Gasteiger charge is 2.21. The molecule has 7 heteroatoms. The Labute approximate surface area is 170 Å². The Hall–Kier alpha value is -2.77. The van der Waals surface area contributed by atoms with Crippen LogP contribution in [0.2, 0.25) is 0 Å². The molecule has 2 heterocycles. The van der Waals surface area contributed by atoms with Crippen LogP contribution < -0.4 is 10.6 Å². The molecule has 0 bridgehead atoms. The van der Waals surface area contributed by atoms with Crippen molar-refractivity contribution in [3.8, 4) is 0 Å². The third kappa shape index (κ3) is 3.39. The van der Waals surface area contributed by atoms with E-state index in [0.29, 0.717) is 10.0 Å². The van der Waals surface area contributed by atoms with Crippen LogP contribution in [0, 0.1) is 0 Å². The van der Waals surface area contributed by atoms with Crippen LogP contribution in [0.1, 0.15) is 39.7 Å². The number of aryl methyl sites for hydroxylation is 1. The van der Waals surface area contributed by atoms with Crippen molar-refractivity contribution in [1.29, 1.82) is 0 Å². The van der Waals surface area contributed by atoms with Gasteiger partial charge in [0.05, 0.1) is 10.9 Å². The van der Waals surface area contributed by atoms with Crippen molar-refractivity contribution in [2.24, 2.45) is 0 Å². The molecular formula is C21H18N4OS2. The first-order valence-electron chi connectivity index (χ1n) is 9.24. The first kappa shape index (κ1) is 17.3. The van der Waals surface area contributed by atoms with E-state index in [1.54, 1.807) is 0 Å². The molecule has 0 aliphatic heterocycles. The zero-order chi connectivity index (χ0) is 18.9. The molecule has 0 saturated carbocycles. The Morgan fingerprint density at radius 3 is 2.75 bits per heavy atom. The number of hydrogen-bond acceptors (Lipinski definition) is 6. The minimum Gasteiger partial charge on any atom is -0.353 e. The van der Waals surface area contributed by atoms with Crippen molar-refractivity contribution in [3.63, 3.8) is 0 Å². The van der Waals surface area contributed by atoms with E-state index in [2.05, 4.69) is 45.1 Å². The molecule has 5 rings (SSSR count). The summed E-state index contributed by atoms with van der Waals surface area (Å²) >= 11 is 2.85. The summed E-state index contributed by atoms with van der Waals surface area (Å²) in [5, 5.41) is 17.0. The van der Waals surface area contributed by atoms with Crippen LogP contribution in [-0.2, 0) is 6.42 Å². The molecule has 1 aliphatic carbocycles. The quantitative estimate of drug-likeness (QED) is 0.470. The van der Waals surface area contributed by atoms with Crippen molar-refractivity contribution in [3.05, 3.63) is 70.6 Å². The number of hydrogen-bond donors (Lipinski definition) is 2. The molecule has 1 aliphatic rings. The number of thiophene rings is 1. The lowest BCUT2D eigenvalue weighted by atomic mass is 9.88. The molecule has 0 radical (unpaired) electrons. The van der Waals surface area contributed by atoms with Gasteiger partial charge in [-0.15, -0.1) is 21.5 Å². The first-order valence-corrected chi connectivity index (χ1v) is 10.9. The van der Waals surface area contributed by atoms with Crippen LogP contribution in [-0.4, -0.2) is 16.1 Å². The fourth-order valence-corrected chi connectivity index (χ4v) is 5.29. The van der Waals surface area contributed by atoms with Gasteiger partial charge in [-0.2, -0.15) is 0 Å². The number of nitrogens with zero attached hydrogens (tertiary/aromatic N) is 2. The summed E-state index contributed by atoms with van der Waals surface area (Å²) in [6.45, 7) is 0. The average Bonchev–Trinajstić information content (AvgIpc) is 3.35. The maximum atomic E-state index is 12.6. The predicted octanol–water partition coefficient (Wildman–Crippen LogP) is 5.49. The van der Waals surface area contributed by atoms with E-state index >= 15 is 0 Å². The summed E-state index contributed by atoms with van der Waals surface area (Å²) in [6, 6.07) is 18.7. The minimum absolute atomic E-state index is 0.146. The van der Waals surface area contributed by atoms with Gasteiger partial charge in [0.15, 0.2) is 0 Å². The number of nitrogens with one attached hydrogen (secondary N) is 2. The van der Waals surface area contributed by atoms with Gasteiger partial charge in [0.1, 0.15) is 0 Å². The van der Waals surface area contributed by atoms with Gasteiger partial charge in [-0.05, 0) is 47.9 Å². The van der Waals surface area contributed by atoms with Gasteiger partial charge in [0, 0.05) is 4.70 Å². The van der Waals surface area contributed by atoms with E-state index in [9.17, 15) is 4.79 Å². The second kappa shape index (κ2) is 7.33. The average molecular weight is 407 g/mol. The highest BCUT2D eigenvalue weighted by molar-refractivity contribution is 7.21. The van der Waals surface area contributed by atoms with Crippen molar-refractivity contribution in [2.45, 2.75) is 25.3 Å². The fraction of sp³-hybridized carbons (Fsp3) is 0.190. The lowest BCUT2D eigenvalue weighted by molar-refractivity contribution is 0.103. The molecule has 1 unspecified atom stereocenters. The molecule has 0 saturated heterocycles. The molecule has 0 fully saturated rings. The Kier molecular flexibility index (Phi) is 4.54. The molecule has 2 N–H and O–H groups in total. The molecular weight excluding hydrogens is 388 g/mol. The molecule has 28 heavy (non-hydrogen) atoms. The van der Waals surface area contributed by atoms with Crippen LogP contribution in [0.4, 0.5) is 10.3 Å². The zero-order valence-corrected chi connectivity index (χ0v) is 16.6. The van der Waals surface area contributed by atoms with Gasteiger partial charge in [-0.3, -0.25) is 10.1 Å². The number of amides is 1. The second-order valence-electron chi connectivity index (χ2n) is 6.80. The molecule has 5 nitrogen and oxygen atoms in total. The fourth-order valence-electron chi connectivity index (χ4n) is 3.64. The summed E-state index contributed by atoms with van der Waals surface area (Å²) in [7, 11) is 0. The van der Waals surface area contributed by atoms with Gasteiger partial charge < -0.3 is 5.32 Å². The number of carbonyl (C=O) groups is 1. The molecule has 4 aromatic rings. The topological polar surface area (TPSA) is 66.9 Å². The number of benzene rings is 2. The smallest absolute Gasteiger partial charge is 0.267 e. The summed E-state index contributed by atoms with van der Waals surface area (Å²) < 4.78 is 1.10. The highest BCUT2D eigenvalue weighted by atomic mass is 32.1. The van der Waals surface area contributed by atoms with Gasteiger partial charge in [-0.1, -0.05) is 53.8 Å². The molecule has 1 amide bonds. The minimum atomic E-state index is -0.146. The number of fused-ring (bicyclic) bond motifs is 2. The Morgan fingerprint density at radius 2 is 1.82 bits per heavy atom. The SMILES string of the molecule is O=C(Nc1nnc(NC2CCCc3ccccc32)s1)c1cc2ccccc2s1. The van der Waals surface area contributed by atoms with E-state index in [1.165, 1.54) is 33.8 Å². The third-order valence-corrected chi connectivity index (χ3v) is 6.85. The first-order chi connectivity index (χ1) is 13.8. The molecule has 2 aromatic carbocycles. The van der Waals surface area contributed by atoms with Crippen LogP contribution >= 0.6 is 22.7 Å². The molecule has 2 aromatic heterocycles. The third-order valence-electron chi connectivity index (χ3n) is 4.96. The molecule has 0 spiro atoms. The van der Waals surface area contributed by atoms with E-state index in [4.69, 9.17) is 0 Å². The van der Waals surface area contributed by atoms with Crippen LogP contribution in [0.15, 0.2) is 54.6 Å². The van der Waals surface area contributed by atoms with Crippen molar-refractivity contribution in [1.82, 2.24) is 10.2 Å². The van der Waals surface area contributed by atoms with E-state index in [0.717, 1.165) is 34.5 Å². The largest absolute Gasteiger partial charge is 0.353 e. The maximum Gasteiger partial charge on any atom is 0.267 e. The van der Waals surface area contributed by atoms with E-state index < -0.39 is 0 Å². The number of carbonyl (C=O) groups excluding carboxylic acids is 1. The lowest BCUT2D eigenvalue weighted by Gasteiger charge is -2.25. The Morgan fingerprint density at radius 1 is 1.00 bits per heavy atom. The molecule has 1 atom stereocenters. The van der Waals surface area contributed by atoms with E-state index in [1.807, 2.05) is 30.3 Å². The van der Waals surface area contributed by atoms with Gasteiger partial charge in [-0.25, -0.2) is 0 Å². The summed E-state index contributed by atoms with van der Waals surface area (Å²) in [4.78, 5) is 13.2. The van der Waals surface area contributed by atoms with Crippen LogP contribution in [0.3, 0.4) is 0 Å². The molecule has 140 valence electrons. The predicted molar refractivity (Wildman–Crippen MR) is 115 cm³/mol. The summed E-state index contributed by atoms with van der Waals surface area (Å²) in [6.07, 6.45) is 3.35. The summed E-state index contributed by atoms with van der Waals surface area (Å²) in [5.41, 5.74) is 2.73. The van der Waals surface area contributed by atoms with Crippen molar-refractivity contribution >= 4 is 48.9 Å². The number of rotatable bonds is 4. The second-order valence-corrected chi connectivity index (χ2v) is 8.86. The van der Waals surface area contributed by atoms with Crippen molar-refractivity contribution in [2.75, 3.05) is 10.6 Å². The monoisotopic (exact) mass is 406 g/mol. The zero-order valence-electron chi connectivity index (χ0n) is 15.0. The standard InChI is InChI=1S/C21H18N4OS2/c26-19(18-12-14-7-2-4-11-17(14)27-18)23-21-25-24-20(28-21)22-16-10-5-8-13-6-1-3-9-15(13)16/h1-4,6-7,9,11-12,16H,5,8,10H2,(H,22,24)(H,23,25,26). The van der Waals surface area contributed by atoms with Crippen LogP contribution in [0.5, 0.6) is 0 Å². The number of anilines is 2. The van der Waals surface area contributed by atoms with Gasteiger partial charge in [0.2, 0.25) is 10.3 Å². The van der Waals surface area contributed by atoms with Gasteiger partial charge >= 0.3 is 0 Å². The van der Waals surface area contributed by atoms with Crippen molar-refractivity contribution < 1.29 is 4.79 Å². The van der Waals surface area contributed by atoms with E-state index in [-0.39, 0.29) is 11.9 Å². The van der Waals surface area contributed by atoms with Gasteiger partial charge in [0.25, 0.3) is 5.91 Å². The summed E-state index contributed by atoms with van der Waals surface area (Å²) in [5.74, 6) is -0.146. The maximum absolute atomic E-state index is 12.6. The normalized spacial score (nSPS) is 15.9.